The number of nitrogens with zero attached hydrogens (tertiary/aromatic N) is 2. The van der Waals surface area contributed by atoms with Gasteiger partial charge in [0.05, 0.1) is 39.3 Å². The lowest BCUT2D eigenvalue weighted by molar-refractivity contribution is -0.896. The number of carbonyl (C=O) groups excluding carboxylic acids is 2. The fourth-order valence-corrected chi connectivity index (χ4v) is 5.79. The van der Waals surface area contributed by atoms with Gasteiger partial charge in [-0.2, -0.15) is 0 Å². The summed E-state index contributed by atoms with van der Waals surface area (Å²) < 4.78 is 5.48. The number of aromatic amines is 1. The zero-order valence-electron chi connectivity index (χ0n) is 20.8. The molecule has 3 heterocycles. The molecule has 1 saturated heterocycles. The summed E-state index contributed by atoms with van der Waals surface area (Å²) in [5.41, 5.74) is 4.10. The summed E-state index contributed by atoms with van der Waals surface area (Å²) in [7, 11) is 1.64. The lowest BCUT2D eigenvalue weighted by atomic mass is 9.86. The van der Waals surface area contributed by atoms with Gasteiger partial charge in [0.25, 0.3) is 0 Å². The largest absolute Gasteiger partial charge is 0.497 e. The number of methoxy groups -OCH3 is 1. The number of carbonyl (C=O) groups is 2. The van der Waals surface area contributed by atoms with E-state index in [1.807, 2.05) is 41.3 Å². The maximum atomic E-state index is 13.8. The number of quaternary nitrogens is 1. The Labute approximate surface area is 206 Å². The molecule has 0 spiro atoms. The quantitative estimate of drug-likeness (QED) is 0.525. The van der Waals surface area contributed by atoms with Crippen molar-refractivity contribution in [1.29, 1.82) is 0 Å². The van der Waals surface area contributed by atoms with Gasteiger partial charge in [-0.05, 0) is 43.2 Å². The molecule has 2 amide bonds. The van der Waals surface area contributed by atoms with Crippen molar-refractivity contribution in [1.82, 2.24) is 14.8 Å². The first kappa shape index (κ1) is 23.4. The second-order valence-corrected chi connectivity index (χ2v) is 9.58. The van der Waals surface area contributed by atoms with Crippen molar-refractivity contribution in [2.24, 2.45) is 0 Å². The molecule has 0 saturated carbocycles. The minimum Gasteiger partial charge on any atom is -0.497 e. The highest BCUT2D eigenvalue weighted by Gasteiger charge is 2.48. The predicted molar refractivity (Wildman–Crippen MR) is 136 cm³/mol. The van der Waals surface area contributed by atoms with Crippen LogP contribution in [0, 0.1) is 0 Å². The second kappa shape index (κ2) is 9.74. The van der Waals surface area contributed by atoms with E-state index in [0.717, 1.165) is 59.5 Å². The molecule has 0 aliphatic carbocycles. The zero-order chi connectivity index (χ0) is 24.5. The summed E-state index contributed by atoms with van der Waals surface area (Å²) in [4.78, 5) is 36.1. The van der Waals surface area contributed by atoms with Crippen LogP contribution < -0.4 is 9.64 Å². The van der Waals surface area contributed by atoms with Crippen LogP contribution in [0.15, 0.2) is 48.5 Å². The summed E-state index contributed by atoms with van der Waals surface area (Å²) in [6.07, 6.45) is 1.43. The Balaban J connectivity index is 1.52. The molecule has 7 heteroatoms. The van der Waals surface area contributed by atoms with Gasteiger partial charge in [-0.25, -0.2) is 0 Å². The molecular weight excluding hydrogens is 440 g/mol. The molecule has 0 radical (unpaired) electrons. The van der Waals surface area contributed by atoms with Gasteiger partial charge in [0.1, 0.15) is 11.8 Å². The van der Waals surface area contributed by atoms with Crippen LogP contribution in [0.5, 0.6) is 5.75 Å². The Kier molecular flexibility index (Phi) is 6.52. The summed E-state index contributed by atoms with van der Waals surface area (Å²) >= 11 is 0. The number of benzene rings is 2. The van der Waals surface area contributed by atoms with Crippen LogP contribution in [0.4, 0.5) is 0 Å². The average Bonchev–Trinajstić information content (AvgIpc) is 3.26. The molecular formula is C28H35N4O3+. The average molecular weight is 476 g/mol. The molecule has 2 N–H and O–H groups in total. The molecule has 7 nitrogen and oxygen atoms in total. The number of ether oxygens (including phenoxy) is 1. The van der Waals surface area contributed by atoms with E-state index in [2.05, 4.69) is 31.0 Å². The number of para-hydroxylation sites is 1. The topological polar surface area (TPSA) is 70.1 Å². The molecule has 1 aromatic heterocycles. The smallest absolute Gasteiger partial charge is 0.246 e. The van der Waals surface area contributed by atoms with Crippen molar-refractivity contribution in [2.75, 3.05) is 39.8 Å². The number of nitrogens with one attached hydrogen (secondary N) is 2. The Morgan fingerprint density at radius 3 is 2.66 bits per heavy atom. The van der Waals surface area contributed by atoms with Crippen molar-refractivity contribution in [3.63, 3.8) is 0 Å². The van der Waals surface area contributed by atoms with Gasteiger partial charge in [0.2, 0.25) is 11.8 Å². The van der Waals surface area contributed by atoms with Crippen molar-refractivity contribution < 1.29 is 19.2 Å². The number of fused-ring (bicyclic) bond motifs is 4. The number of hydrogen-bond donors (Lipinski definition) is 2. The molecule has 0 bridgehead atoms. The number of amides is 2. The molecule has 2 aromatic carbocycles. The molecule has 2 aliphatic heterocycles. The second-order valence-electron chi connectivity index (χ2n) is 9.58. The van der Waals surface area contributed by atoms with E-state index in [9.17, 15) is 9.59 Å². The van der Waals surface area contributed by atoms with Gasteiger partial charge >= 0.3 is 0 Å². The van der Waals surface area contributed by atoms with E-state index in [4.69, 9.17) is 4.74 Å². The van der Waals surface area contributed by atoms with Gasteiger partial charge in [0, 0.05) is 36.0 Å². The Bertz CT molecular complexity index is 1230. The van der Waals surface area contributed by atoms with Crippen LogP contribution in [0.3, 0.4) is 0 Å². The maximum absolute atomic E-state index is 13.8. The van der Waals surface area contributed by atoms with Crippen LogP contribution in [-0.2, 0) is 16.0 Å². The molecule has 0 unspecified atom stereocenters. The number of hydrogen-bond acceptors (Lipinski definition) is 3. The van der Waals surface area contributed by atoms with Crippen LogP contribution >= 0.6 is 0 Å². The lowest BCUT2D eigenvalue weighted by Gasteiger charge is -2.47. The third kappa shape index (κ3) is 4.18. The number of H-pyrrole nitrogens is 1. The van der Waals surface area contributed by atoms with Crippen LogP contribution in [0.1, 0.15) is 43.1 Å². The highest BCUT2D eigenvalue weighted by Crippen LogP contribution is 2.43. The first-order valence-corrected chi connectivity index (χ1v) is 12.7. The van der Waals surface area contributed by atoms with Gasteiger partial charge < -0.3 is 24.4 Å². The standard InChI is InChI=1S/C28H34N4O3/c1-4-30(5-2)14-9-15-31-18-25(33)32-24(28(31)34)17-22-21-12-6-7-13-23(21)29-26(22)27(32)19-10-8-11-20(16-19)35-3/h6-8,10-13,16,24,27,29H,4-5,9,14-15,17-18H2,1-3H3/p+1/t24-,27-/m0/s1. The van der Waals surface area contributed by atoms with Crippen molar-refractivity contribution in [3.05, 3.63) is 65.4 Å². The Hall–Kier alpha value is -3.32. The van der Waals surface area contributed by atoms with Gasteiger partial charge in [0.15, 0.2) is 0 Å². The summed E-state index contributed by atoms with van der Waals surface area (Å²) in [6, 6.07) is 15.2. The minimum atomic E-state index is -0.500. The first-order chi connectivity index (χ1) is 17.0. The molecule has 35 heavy (non-hydrogen) atoms. The Morgan fingerprint density at radius 1 is 1.09 bits per heavy atom. The van der Waals surface area contributed by atoms with Gasteiger partial charge in [-0.15, -0.1) is 0 Å². The number of rotatable bonds is 8. The van der Waals surface area contributed by atoms with Gasteiger partial charge in [-0.3, -0.25) is 9.59 Å². The first-order valence-electron chi connectivity index (χ1n) is 12.7. The van der Waals surface area contributed by atoms with Crippen molar-refractivity contribution in [3.8, 4) is 5.75 Å². The minimum absolute atomic E-state index is 0.00177. The molecule has 3 aromatic rings. The SMILES string of the molecule is CC[NH+](CC)CCCN1CC(=O)N2[C@@H](c3cccc(OC)c3)c3[nH]c4ccccc4c3C[C@H]2C1=O. The zero-order valence-corrected chi connectivity index (χ0v) is 20.8. The number of piperazine rings is 1. The summed E-state index contributed by atoms with van der Waals surface area (Å²) in [5, 5.41) is 1.12. The fourth-order valence-electron chi connectivity index (χ4n) is 5.79. The predicted octanol–water partition coefficient (Wildman–Crippen LogP) is 2.18. The summed E-state index contributed by atoms with van der Waals surface area (Å²) in [6.45, 7) is 8.30. The van der Waals surface area contributed by atoms with Gasteiger partial charge in [-0.1, -0.05) is 30.3 Å². The molecule has 5 rings (SSSR count). The van der Waals surface area contributed by atoms with E-state index in [1.165, 1.54) is 4.90 Å². The van der Waals surface area contributed by atoms with E-state index in [1.54, 1.807) is 12.0 Å². The molecule has 1 fully saturated rings. The van der Waals surface area contributed by atoms with Crippen molar-refractivity contribution >= 4 is 22.7 Å². The van der Waals surface area contributed by atoms with Crippen LogP contribution in [0.25, 0.3) is 10.9 Å². The Morgan fingerprint density at radius 2 is 1.89 bits per heavy atom. The van der Waals surface area contributed by atoms with E-state index in [-0.39, 0.29) is 24.4 Å². The summed E-state index contributed by atoms with van der Waals surface area (Å²) in [5.74, 6) is 0.795. The highest BCUT2D eigenvalue weighted by atomic mass is 16.5. The fraction of sp³-hybridized carbons (Fsp3) is 0.429. The third-order valence-electron chi connectivity index (χ3n) is 7.71. The lowest BCUT2D eigenvalue weighted by Crippen LogP contribution is -3.11. The van der Waals surface area contributed by atoms with E-state index in [0.29, 0.717) is 13.0 Å². The third-order valence-corrected chi connectivity index (χ3v) is 7.71. The highest BCUT2D eigenvalue weighted by molar-refractivity contribution is 5.97. The van der Waals surface area contributed by atoms with Crippen LogP contribution in [0.2, 0.25) is 0 Å². The van der Waals surface area contributed by atoms with Crippen molar-refractivity contribution in [2.45, 2.75) is 38.8 Å². The molecule has 2 atom stereocenters. The van der Waals surface area contributed by atoms with E-state index < -0.39 is 6.04 Å². The monoisotopic (exact) mass is 475 g/mol. The van der Waals surface area contributed by atoms with E-state index >= 15 is 0 Å². The molecule has 2 aliphatic rings. The number of aromatic nitrogens is 1. The van der Waals surface area contributed by atoms with Crippen LogP contribution in [-0.4, -0.2) is 72.5 Å². The maximum Gasteiger partial charge on any atom is 0.246 e. The molecule has 184 valence electrons. The normalized spacial score (nSPS) is 19.9.